The van der Waals surface area contributed by atoms with Crippen molar-refractivity contribution in [3.8, 4) is 0 Å². The van der Waals surface area contributed by atoms with Crippen LogP contribution in [0.1, 0.15) is 11.3 Å². The second kappa shape index (κ2) is 2.25. The number of nitrogens with one attached hydrogen (secondary N) is 2. The first kappa shape index (κ1) is 6.19. The monoisotopic (exact) mass is 157 g/mol. The van der Waals surface area contributed by atoms with Crippen molar-refractivity contribution >= 4 is 11.6 Å². The molecule has 0 aromatic carbocycles. The first-order valence-corrected chi connectivity index (χ1v) is 3.68. The third-order valence-corrected chi connectivity index (χ3v) is 2.07. The highest BCUT2D eigenvalue weighted by Crippen LogP contribution is 2.18. The second-order valence-electron chi connectivity index (χ2n) is 2.40. The van der Waals surface area contributed by atoms with Crippen molar-refractivity contribution in [2.75, 3.05) is 6.54 Å². The number of hydrogen-bond donors (Lipinski definition) is 2. The van der Waals surface area contributed by atoms with Crippen LogP contribution in [-0.2, 0) is 13.0 Å². The van der Waals surface area contributed by atoms with Crippen LogP contribution in [0.3, 0.4) is 0 Å². The van der Waals surface area contributed by atoms with Crippen molar-refractivity contribution in [2.45, 2.75) is 13.0 Å². The van der Waals surface area contributed by atoms with Gasteiger partial charge in [-0.05, 0) is 13.0 Å². The summed E-state index contributed by atoms with van der Waals surface area (Å²) in [5, 5.41) is 10.6. The van der Waals surface area contributed by atoms with E-state index in [-0.39, 0.29) is 0 Å². The number of rotatable bonds is 0. The molecule has 10 heavy (non-hydrogen) atoms. The van der Waals surface area contributed by atoms with Gasteiger partial charge in [0.15, 0.2) is 5.15 Å². The highest BCUT2D eigenvalue weighted by molar-refractivity contribution is 6.30. The molecule has 2 rings (SSSR count). The summed E-state index contributed by atoms with van der Waals surface area (Å²) >= 11 is 5.79. The lowest BCUT2D eigenvalue weighted by Crippen LogP contribution is -2.23. The molecule has 1 aromatic heterocycles. The van der Waals surface area contributed by atoms with E-state index >= 15 is 0 Å². The summed E-state index contributed by atoms with van der Waals surface area (Å²) in [4.78, 5) is 0. The van der Waals surface area contributed by atoms with Crippen molar-refractivity contribution < 1.29 is 0 Å². The maximum atomic E-state index is 5.79. The second-order valence-corrected chi connectivity index (χ2v) is 2.76. The van der Waals surface area contributed by atoms with Crippen LogP contribution in [0.4, 0.5) is 0 Å². The molecular formula is C6H8ClN3. The van der Waals surface area contributed by atoms with Crippen LogP contribution < -0.4 is 5.32 Å². The highest BCUT2D eigenvalue weighted by atomic mass is 35.5. The van der Waals surface area contributed by atoms with E-state index in [9.17, 15) is 0 Å². The number of aromatic nitrogens is 2. The number of H-pyrrole nitrogens is 1. The lowest BCUT2D eigenvalue weighted by molar-refractivity contribution is 0.633. The molecule has 4 heteroatoms. The minimum absolute atomic E-state index is 0.636. The average Bonchev–Trinajstić information content (AvgIpc) is 2.34. The number of nitrogens with zero attached hydrogens (tertiary/aromatic N) is 1. The Kier molecular flexibility index (Phi) is 1.39. The van der Waals surface area contributed by atoms with Gasteiger partial charge in [0.25, 0.3) is 0 Å². The minimum Gasteiger partial charge on any atom is -0.311 e. The van der Waals surface area contributed by atoms with Crippen LogP contribution in [0.2, 0.25) is 5.15 Å². The molecule has 0 saturated carbocycles. The van der Waals surface area contributed by atoms with E-state index in [0.717, 1.165) is 25.2 Å². The molecule has 54 valence electrons. The fourth-order valence-electron chi connectivity index (χ4n) is 1.20. The maximum absolute atomic E-state index is 5.79. The first-order chi connectivity index (χ1) is 4.88. The van der Waals surface area contributed by atoms with Crippen LogP contribution in [0.5, 0.6) is 0 Å². The van der Waals surface area contributed by atoms with Gasteiger partial charge in [-0.25, -0.2) is 0 Å². The van der Waals surface area contributed by atoms with Crippen molar-refractivity contribution in [3.05, 3.63) is 16.4 Å². The summed E-state index contributed by atoms with van der Waals surface area (Å²) in [6.45, 7) is 1.88. The van der Waals surface area contributed by atoms with Crippen LogP contribution >= 0.6 is 11.6 Å². The van der Waals surface area contributed by atoms with Gasteiger partial charge in [-0.1, -0.05) is 11.6 Å². The molecule has 3 nitrogen and oxygen atoms in total. The molecule has 0 aliphatic carbocycles. The van der Waals surface area contributed by atoms with E-state index in [4.69, 9.17) is 11.6 Å². The molecule has 0 unspecified atom stereocenters. The van der Waals surface area contributed by atoms with Crippen molar-refractivity contribution in [1.29, 1.82) is 0 Å². The van der Waals surface area contributed by atoms with Gasteiger partial charge >= 0.3 is 0 Å². The SMILES string of the molecule is Clc1n[nH]c2c1CCNC2. The molecule has 0 amide bonds. The standard InChI is InChI=1S/C6H8ClN3/c7-6-4-1-2-8-3-5(4)9-10-6/h8H,1-3H2,(H,9,10). The van der Waals surface area contributed by atoms with Gasteiger partial charge in [0.05, 0.1) is 5.69 Å². The molecule has 0 fully saturated rings. The predicted molar refractivity (Wildman–Crippen MR) is 39.0 cm³/mol. The molecule has 0 spiro atoms. The quantitative estimate of drug-likeness (QED) is 0.583. The van der Waals surface area contributed by atoms with Crippen molar-refractivity contribution in [1.82, 2.24) is 15.5 Å². The lowest BCUT2D eigenvalue weighted by atomic mass is 10.1. The Labute approximate surface area is 63.8 Å². The third kappa shape index (κ3) is 0.822. The van der Waals surface area contributed by atoms with E-state index in [0.29, 0.717) is 5.15 Å². The average molecular weight is 158 g/mol. The van der Waals surface area contributed by atoms with Crippen molar-refractivity contribution in [3.63, 3.8) is 0 Å². The van der Waals surface area contributed by atoms with Crippen LogP contribution in [0.25, 0.3) is 0 Å². The molecule has 2 N–H and O–H groups in total. The van der Waals surface area contributed by atoms with Crippen LogP contribution in [0.15, 0.2) is 0 Å². The summed E-state index contributed by atoms with van der Waals surface area (Å²) < 4.78 is 0. The fourth-order valence-corrected chi connectivity index (χ4v) is 1.45. The molecule has 1 aliphatic rings. The topological polar surface area (TPSA) is 40.7 Å². The highest BCUT2D eigenvalue weighted by Gasteiger charge is 2.13. The molecule has 1 aliphatic heterocycles. The molecule has 0 radical (unpaired) electrons. The van der Waals surface area contributed by atoms with E-state index in [1.54, 1.807) is 0 Å². The third-order valence-electron chi connectivity index (χ3n) is 1.76. The summed E-state index contributed by atoms with van der Waals surface area (Å²) in [6.07, 6.45) is 0.991. The predicted octanol–water partition coefficient (Wildman–Crippen LogP) is 0.709. The van der Waals surface area contributed by atoms with Crippen molar-refractivity contribution in [2.24, 2.45) is 0 Å². The first-order valence-electron chi connectivity index (χ1n) is 3.30. The molecule has 0 saturated heterocycles. The Morgan fingerprint density at radius 1 is 1.50 bits per heavy atom. The maximum Gasteiger partial charge on any atom is 0.154 e. The smallest absolute Gasteiger partial charge is 0.154 e. The Bertz CT molecular complexity index is 243. The summed E-state index contributed by atoms with van der Waals surface area (Å²) in [5.41, 5.74) is 2.32. The number of hydrogen-bond acceptors (Lipinski definition) is 2. The van der Waals surface area contributed by atoms with Gasteiger partial charge < -0.3 is 5.32 Å². The molecule has 1 aromatic rings. The largest absolute Gasteiger partial charge is 0.311 e. The minimum atomic E-state index is 0.636. The number of aromatic amines is 1. The van der Waals surface area contributed by atoms with Gasteiger partial charge in [-0.3, -0.25) is 5.10 Å². The van der Waals surface area contributed by atoms with Gasteiger partial charge in [-0.2, -0.15) is 5.10 Å². The Morgan fingerprint density at radius 3 is 3.20 bits per heavy atom. The van der Waals surface area contributed by atoms with Crippen LogP contribution in [0, 0.1) is 0 Å². The summed E-state index contributed by atoms with van der Waals surface area (Å²) in [5.74, 6) is 0. The molecular weight excluding hydrogens is 150 g/mol. The van der Waals surface area contributed by atoms with E-state index in [2.05, 4.69) is 15.5 Å². The zero-order valence-electron chi connectivity index (χ0n) is 5.45. The Morgan fingerprint density at radius 2 is 2.40 bits per heavy atom. The van der Waals surface area contributed by atoms with E-state index in [1.165, 1.54) is 5.56 Å². The van der Waals surface area contributed by atoms with E-state index < -0.39 is 0 Å². The van der Waals surface area contributed by atoms with Gasteiger partial charge in [-0.15, -0.1) is 0 Å². The molecule has 2 heterocycles. The van der Waals surface area contributed by atoms with Gasteiger partial charge in [0.1, 0.15) is 0 Å². The zero-order valence-corrected chi connectivity index (χ0v) is 6.20. The zero-order chi connectivity index (χ0) is 6.97. The lowest BCUT2D eigenvalue weighted by Gasteiger charge is -2.10. The van der Waals surface area contributed by atoms with Gasteiger partial charge in [0.2, 0.25) is 0 Å². The summed E-state index contributed by atoms with van der Waals surface area (Å²) in [6, 6.07) is 0. The van der Waals surface area contributed by atoms with Crippen LogP contribution in [-0.4, -0.2) is 16.7 Å². The Hall–Kier alpha value is -0.540. The Balaban J connectivity index is 2.45. The number of fused-ring (bicyclic) bond motifs is 1. The molecule has 0 bridgehead atoms. The molecule has 0 atom stereocenters. The van der Waals surface area contributed by atoms with Gasteiger partial charge in [0, 0.05) is 12.1 Å². The van der Waals surface area contributed by atoms with E-state index in [1.807, 2.05) is 0 Å². The summed E-state index contributed by atoms with van der Waals surface area (Å²) in [7, 11) is 0. The number of halogens is 1. The fraction of sp³-hybridized carbons (Fsp3) is 0.500. The normalized spacial score (nSPS) is 16.9.